The highest BCUT2D eigenvalue weighted by Crippen LogP contribution is 2.44. The Labute approximate surface area is 195 Å². The monoisotopic (exact) mass is 489 g/mol. The van der Waals surface area contributed by atoms with E-state index in [0.29, 0.717) is 23.1 Å². The summed E-state index contributed by atoms with van der Waals surface area (Å²) in [5.74, 6) is 0.0954. The van der Waals surface area contributed by atoms with Gasteiger partial charge in [0.2, 0.25) is 10.0 Å². The first kappa shape index (κ1) is 22.7. The maximum atomic E-state index is 12.5. The Kier molecular flexibility index (Phi) is 6.76. The van der Waals surface area contributed by atoms with E-state index in [-0.39, 0.29) is 22.3 Å². The molecule has 3 aromatic rings. The first-order chi connectivity index (χ1) is 15.3. The number of benzene rings is 3. The Morgan fingerprint density at radius 1 is 1.09 bits per heavy atom. The number of rotatable bonds is 7. The number of halogens is 1. The van der Waals surface area contributed by atoms with Gasteiger partial charge in [0.25, 0.3) is 0 Å². The first-order valence-corrected chi connectivity index (χ1v) is 12.7. The van der Waals surface area contributed by atoms with Gasteiger partial charge in [0, 0.05) is 22.9 Å². The lowest BCUT2D eigenvalue weighted by Gasteiger charge is -2.19. The van der Waals surface area contributed by atoms with E-state index in [0.717, 1.165) is 16.7 Å². The van der Waals surface area contributed by atoms with Crippen LogP contribution >= 0.6 is 23.4 Å². The van der Waals surface area contributed by atoms with Crippen molar-refractivity contribution in [2.45, 2.75) is 16.8 Å². The van der Waals surface area contributed by atoms with Gasteiger partial charge in [-0.2, -0.15) is 0 Å². The van der Waals surface area contributed by atoms with E-state index in [1.54, 1.807) is 12.1 Å². The second-order valence-corrected chi connectivity index (χ2v) is 10.6. The van der Waals surface area contributed by atoms with Crippen molar-refractivity contribution in [3.63, 3.8) is 0 Å². The van der Waals surface area contributed by atoms with Gasteiger partial charge in [-0.05, 0) is 53.6 Å². The number of ether oxygens (including phenoxy) is 1. The largest absolute Gasteiger partial charge is 0.489 e. The van der Waals surface area contributed by atoms with Crippen LogP contribution in [0.5, 0.6) is 5.75 Å². The molecule has 4 rings (SSSR count). The molecule has 0 radical (unpaired) electrons. The summed E-state index contributed by atoms with van der Waals surface area (Å²) in [5, 5.41) is 9.71. The van der Waals surface area contributed by atoms with Crippen molar-refractivity contribution in [1.82, 2.24) is 4.72 Å². The van der Waals surface area contributed by atoms with Crippen LogP contribution in [0.4, 0.5) is 0 Å². The van der Waals surface area contributed by atoms with E-state index in [1.807, 2.05) is 24.3 Å². The van der Waals surface area contributed by atoms with Crippen molar-refractivity contribution < 1.29 is 23.1 Å². The molecule has 0 aliphatic carbocycles. The zero-order valence-electron chi connectivity index (χ0n) is 16.8. The van der Waals surface area contributed by atoms with Crippen LogP contribution in [-0.2, 0) is 16.6 Å². The summed E-state index contributed by atoms with van der Waals surface area (Å²) in [6, 6.07) is 18.7. The predicted octanol–water partition coefficient (Wildman–Crippen LogP) is 4.73. The molecular weight excluding hydrogens is 470 g/mol. The zero-order chi connectivity index (χ0) is 22.7. The van der Waals surface area contributed by atoms with Crippen molar-refractivity contribution in [2.75, 3.05) is 12.3 Å². The van der Waals surface area contributed by atoms with Gasteiger partial charge in [-0.3, -0.25) is 0 Å². The fraction of sp³-hybridized carbons (Fsp3) is 0.174. The molecular formula is C23H20ClNO5S2. The molecule has 9 heteroatoms. The molecule has 1 unspecified atom stereocenters. The van der Waals surface area contributed by atoms with Crippen molar-refractivity contribution >= 4 is 39.4 Å². The standard InChI is InChI=1S/C23H20ClNO5S2/c24-17-6-8-18(9-7-17)32(28,29)25-11-12-31-22-19-4-2-1-3-16(19)14-30-21-10-5-15(23(26)27)13-20(21)22/h1-10,13,22,25H,11-12,14H2,(H,26,27). The smallest absolute Gasteiger partial charge is 0.335 e. The molecule has 32 heavy (non-hydrogen) atoms. The van der Waals surface area contributed by atoms with Crippen LogP contribution in [0.1, 0.15) is 32.3 Å². The Morgan fingerprint density at radius 2 is 1.84 bits per heavy atom. The first-order valence-electron chi connectivity index (χ1n) is 9.80. The lowest BCUT2D eigenvalue weighted by molar-refractivity contribution is 0.0696. The summed E-state index contributed by atoms with van der Waals surface area (Å²) < 4.78 is 33.6. The molecule has 0 saturated carbocycles. The van der Waals surface area contributed by atoms with Crippen LogP contribution in [0.15, 0.2) is 71.6 Å². The van der Waals surface area contributed by atoms with E-state index in [1.165, 1.54) is 42.1 Å². The molecule has 1 atom stereocenters. The number of carbonyl (C=O) groups is 1. The molecule has 0 spiro atoms. The van der Waals surface area contributed by atoms with Crippen LogP contribution < -0.4 is 9.46 Å². The fourth-order valence-corrected chi connectivity index (χ4v) is 6.01. The van der Waals surface area contributed by atoms with Crippen LogP contribution in [0, 0.1) is 0 Å². The lowest BCUT2D eigenvalue weighted by Crippen LogP contribution is -2.26. The van der Waals surface area contributed by atoms with Crippen LogP contribution in [0.2, 0.25) is 5.02 Å². The Morgan fingerprint density at radius 3 is 2.59 bits per heavy atom. The number of fused-ring (bicyclic) bond motifs is 2. The molecule has 2 N–H and O–H groups in total. The highest BCUT2D eigenvalue weighted by atomic mass is 35.5. The molecule has 0 bridgehead atoms. The highest BCUT2D eigenvalue weighted by molar-refractivity contribution is 7.99. The molecule has 1 heterocycles. The number of sulfonamides is 1. The topological polar surface area (TPSA) is 92.7 Å². The van der Waals surface area contributed by atoms with Gasteiger partial charge < -0.3 is 9.84 Å². The summed E-state index contributed by atoms with van der Waals surface area (Å²) in [6.07, 6.45) is 0. The SMILES string of the molecule is O=C(O)c1ccc2c(c1)C(SCCNS(=O)(=O)c1ccc(Cl)cc1)c1ccccc1CO2. The van der Waals surface area contributed by atoms with Gasteiger partial charge in [0.05, 0.1) is 15.7 Å². The van der Waals surface area contributed by atoms with Crippen molar-refractivity contribution in [3.05, 3.63) is 94.0 Å². The molecule has 6 nitrogen and oxygen atoms in total. The van der Waals surface area contributed by atoms with E-state index < -0.39 is 16.0 Å². The summed E-state index contributed by atoms with van der Waals surface area (Å²) in [5.41, 5.74) is 2.99. The quantitative estimate of drug-likeness (QED) is 0.466. The van der Waals surface area contributed by atoms with Gasteiger partial charge in [-0.15, -0.1) is 11.8 Å². The second-order valence-electron chi connectivity index (χ2n) is 7.15. The Bertz CT molecular complexity index is 1250. The minimum atomic E-state index is -3.65. The molecule has 0 fully saturated rings. The van der Waals surface area contributed by atoms with E-state index >= 15 is 0 Å². The van der Waals surface area contributed by atoms with Crippen molar-refractivity contribution in [1.29, 1.82) is 0 Å². The summed E-state index contributed by atoms with van der Waals surface area (Å²) >= 11 is 7.37. The van der Waals surface area contributed by atoms with Crippen LogP contribution in [0.25, 0.3) is 0 Å². The van der Waals surface area contributed by atoms with Gasteiger partial charge >= 0.3 is 5.97 Å². The lowest BCUT2D eigenvalue weighted by atomic mass is 9.98. The zero-order valence-corrected chi connectivity index (χ0v) is 19.2. The molecule has 0 aromatic heterocycles. The second kappa shape index (κ2) is 9.54. The average molecular weight is 490 g/mol. The molecule has 0 amide bonds. The summed E-state index contributed by atoms with van der Waals surface area (Å²) in [4.78, 5) is 11.7. The van der Waals surface area contributed by atoms with Gasteiger partial charge in [0.15, 0.2) is 0 Å². The normalized spacial score (nSPS) is 15.2. The molecule has 1 aliphatic heterocycles. The van der Waals surface area contributed by atoms with Gasteiger partial charge in [-0.25, -0.2) is 17.9 Å². The number of carboxylic acid groups (broad SMARTS) is 1. The summed E-state index contributed by atoms with van der Waals surface area (Å²) in [7, 11) is -3.65. The molecule has 3 aromatic carbocycles. The van der Waals surface area contributed by atoms with Crippen LogP contribution in [-0.4, -0.2) is 31.8 Å². The molecule has 166 valence electrons. The number of thioether (sulfide) groups is 1. The maximum Gasteiger partial charge on any atom is 0.335 e. The number of hydrogen-bond acceptors (Lipinski definition) is 5. The number of hydrogen-bond donors (Lipinski definition) is 2. The fourth-order valence-electron chi connectivity index (χ4n) is 3.49. The van der Waals surface area contributed by atoms with Crippen LogP contribution in [0.3, 0.4) is 0 Å². The van der Waals surface area contributed by atoms with E-state index in [4.69, 9.17) is 16.3 Å². The third kappa shape index (κ3) is 4.94. The number of carboxylic acids is 1. The highest BCUT2D eigenvalue weighted by Gasteiger charge is 2.26. The average Bonchev–Trinajstić information content (AvgIpc) is 2.93. The Hall–Kier alpha value is -2.52. The number of nitrogens with one attached hydrogen (secondary N) is 1. The maximum absolute atomic E-state index is 12.5. The van der Waals surface area contributed by atoms with Crippen molar-refractivity contribution in [2.24, 2.45) is 0 Å². The van der Waals surface area contributed by atoms with Crippen molar-refractivity contribution in [3.8, 4) is 5.75 Å². The molecule has 1 aliphatic rings. The summed E-state index contributed by atoms with van der Waals surface area (Å²) in [6.45, 7) is 0.596. The molecule has 0 saturated heterocycles. The van der Waals surface area contributed by atoms with Gasteiger partial charge in [-0.1, -0.05) is 35.9 Å². The van der Waals surface area contributed by atoms with Gasteiger partial charge in [0.1, 0.15) is 12.4 Å². The third-order valence-corrected chi connectivity index (χ3v) is 8.07. The number of aromatic carboxylic acids is 1. The third-order valence-electron chi connectivity index (χ3n) is 5.06. The predicted molar refractivity (Wildman–Crippen MR) is 125 cm³/mol. The minimum absolute atomic E-state index is 0.150. The van der Waals surface area contributed by atoms with E-state index in [2.05, 4.69) is 4.72 Å². The Balaban J connectivity index is 1.54. The minimum Gasteiger partial charge on any atom is -0.489 e. The van der Waals surface area contributed by atoms with E-state index in [9.17, 15) is 18.3 Å².